The van der Waals surface area contributed by atoms with Gasteiger partial charge in [-0.3, -0.25) is 4.79 Å². The van der Waals surface area contributed by atoms with E-state index in [9.17, 15) is 18.0 Å². The number of primary amides is 2. The topological polar surface area (TPSA) is 89.4 Å². The van der Waals surface area contributed by atoms with Crippen molar-refractivity contribution >= 4 is 29.4 Å². The van der Waals surface area contributed by atoms with Gasteiger partial charge in [-0.25, -0.2) is 4.79 Å². The first kappa shape index (κ1) is 21.6. The Morgan fingerprint density at radius 1 is 1.11 bits per heavy atom. The fourth-order valence-electron chi connectivity index (χ4n) is 2.98. The van der Waals surface area contributed by atoms with Crippen LogP contribution in [0.2, 0.25) is 0 Å². The van der Waals surface area contributed by atoms with Crippen molar-refractivity contribution in [3.05, 3.63) is 59.7 Å². The molecule has 0 spiro atoms. The van der Waals surface area contributed by atoms with E-state index in [4.69, 9.17) is 4.79 Å². The van der Waals surface area contributed by atoms with Gasteiger partial charge in [0.25, 0.3) is 0 Å². The average Bonchev–Trinajstić information content (AvgIpc) is 2.60. The summed E-state index contributed by atoms with van der Waals surface area (Å²) in [6.45, 7) is 1.89. The summed E-state index contributed by atoms with van der Waals surface area (Å²) < 4.78 is 38.0. The lowest BCUT2D eigenvalue weighted by molar-refractivity contribution is -0.119. The molecule has 1 heterocycles. The molecule has 3 rings (SSSR count). The van der Waals surface area contributed by atoms with Crippen LogP contribution in [0.1, 0.15) is 30.5 Å². The van der Waals surface area contributed by atoms with Gasteiger partial charge in [-0.1, -0.05) is 36.4 Å². The van der Waals surface area contributed by atoms with Crippen LogP contribution in [0.15, 0.2) is 53.4 Å². The number of hydrogen-bond donors (Lipinski definition) is 2. The second kappa shape index (κ2) is 9.01. The Morgan fingerprint density at radius 3 is 2.29 bits per heavy atom. The highest BCUT2D eigenvalue weighted by Gasteiger charge is 2.32. The van der Waals surface area contributed by atoms with Crippen molar-refractivity contribution in [2.45, 2.75) is 36.2 Å². The molecule has 0 aliphatic carbocycles. The number of halogens is 3. The molecule has 2 aromatic rings. The first-order valence-corrected chi connectivity index (χ1v) is 9.20. The lowest BCUT2D eigenvalue weighted by Gasteiger charge is -2.35. The van der Waals surface area contributed by atoms with Crippen LogP contribution in [0.4, 0.5) is 23.7 Å². The summed E-state index contributed by atoms with van der Waals surface area (Å²) in [6, 6.07) is 13.1. The molecule has 4 N–H and O–H groups in total. The van der Waals surface area contributed by atoms with Crippen LogP contribution in [-0.2, 0) is 11.2 Å². The molecule has 0 radical (unpaired) electrons. The maximum atomic E-state index is 12.7. The van der Waals surface area contributed by atoms with Crippen molar-refractivity contribution in [1.29, 1.82) is 0 Å². The highest BCUT2D eigenvalue weighted by Crippen LogP contribution is 2.41. The third-order valence-corrected chi connectivity index (χ3v) is 4.82. The molecule has 2 aromatic carbocycles. The van der Waals surface area contributed by atoms with Crippen LogP contribution < -0.4 is 16.4 Å². The van der Waals surface area contributed by atoms with Crippen LogP contribution in [-0.4, -0.2) is 17.4 Å². The SMILES string of the molecule is C[C@@H](c1ccccc1)N1C(=O)CCc2ccc(SC(F)(F)F)cc21.NC(N)=O. The molecule has 0 unspecified atom stereocenters. The first-order valence-electron chi connectivity index (χ1n) is 8.39. The number of hydrogen-bond acceptors (Lipinski definition) is 3. The minimum absolute atomic E-state index is 0.0620. The minimum Gasteiger partial charge on any atom is -0.352 e. The minimum atomic E-state index is -4.34. The summed E-state index contributed by atoms with van der Waals surface area (Å²) in [4.78, 5) is 23.2. The van der Waals surface area contributed by atoms with Crippen molar-refractivity contribution in [2.24, 2.45) is 11.5 Å². The van der Waals surface area contributed by atoms with Gasteiger partial charge in [0, 0.05) is 17.0 Å². The lowest BCUT2D eigenvalue weighted by atomic mass is 9.97. The molecule has 3 amide bonds. The van der Waals surface area contributed by atoms with Crippen LogP contribution in [0.25, 0.3) is 0 Å². The molecule has 1 atom stereocenters. The molecule has 0 fully saturated rings. The standard InChI is InChI=1S/C18H16F3NOS.CH4N2O/c1-12(13-5-3-2-4-6-13)22-16-11-15(24-18(19,20)21)9-7-14(16)8-10-17(22)23;2-1(3)4/h2-7,9,11-12H,8,10H2,1H3;(H4,2,3,4)/t12-;/m0./s1. The molecule has 0 saturated carbocycles. The fraction of sp³-hybridized carbons (Fsp3) is 0.263. The maximum absolute atomic E-state index is 12.7. The number of rotatable bonds is 3. The number of carbonyl (C=O) groups excluding carboxylic acids is 2. The van der Waals surface area contributed by atoms with E-state index >= 15 is 0 Å². The number of aryl methyl sites for hydroxylation is 1. The second-order valence-corrected chi connectivity index (χ2v) is 7.23. The Bertz CT molecular complexity index is 840. The zero-order chi connectivity index (χ0) is 20.9. The Kier molecular flexibility index (Phi) is 6.95. The zero-order valence-corrected chi connectivity index (χ0v) is 15.9. The number of benzene rings is 2. The van der Waals surface area contributed by atoms with Gasteiger partial charge < -0.3 is 16.4 Å². The van der Waals surface area contributed by atoms with Crippen molar-refractivity contribution in [1.82, 2.24) is 0 Å². The van der Waals surface area contributed by atoms with Gasteiger partial charge in [0.1, 0.15) is 0 Å². The van der Waals surface area contributed by atoms with Gasteiger partial charge in [-0.05, 0) is 48.4 Å². The Hall–Kier alpha value is -2.68. The smallest absolute Gasteiger partial charge is 0.352 e. The van der Waals surface area contributed by atoms with Crippen molar-refractivity contribution in [3.63, 3.8) is 0 Å². The molecule has 1 aliphatic rings. The predicted molar refractivity (Wildman–Crippen MR) is 103 cm³/mol. The van der Waals surface area contributed by atoms with E-state index in [1.54, 1.807) is 11.0 Å². The quantitative estimate of drug-likeness (QED) is 0.736. The Labute approximate surface area is 164 Å². The number of nitrogens with two attached hydrogens (primary N) is 2. The maximum Gasteiger partial charge on any atom is 0.446 e. The number of thioether (sulfide) groups is 1. The van der Waals surface area contributed by atoms with E-state index in [1.165, 1.54) is 12.1 Å². The van der Waals surface area contributed by atoms with E-state index in [1.807, 2.05) is 37.3 Å². The van der Waals surface area contributed by atoms with Gasteiger partial charge in [-0.2, -0.15) is 13.2 Å². The molecular formula is C19H20F3N3O2S. The van der Waals surface area contributed by atoms with E-state index in [-0.39, 0.29) is 28.6 Å². The summed E-state index contributed by atoms with van der Waals surface area (Å²) >= 11 is -0.154. The molecule has 0 aromatic heterocycles. The summed E-state index contributed by atoms with van der Waals surface area (Å²) in [6.07, 6.45) is 0.930. The average molecular weight is 411 g/mol. The van der Waals surface area contributed by atoms with E-state index < -0.39 is 11.5 Å². The molecule has 9 heteroatoms. The molecule has 0 saturated heterocycles. The van der Waals surface area contributed by atoms with Crippen LogP contribution >= 0.6 is 11.8 Å². The highest BCUT2D eigenvalue weighted by molar-refractivity contribution is 8.00. The monoisotopic (exact) mass is 411 g/mol. The summed E-state index contributed by atoms with van der Waals surface area (Å²) in [5.74, 6) is -0.0620. The van der Waals surface area contributed by atoms with Crippen LogP contribution in [0.3, 0.4) is 0 Å². The number of amides is 3. The molecule has 28 heavy (non-hydrogen) atoms. The van der Waals surface area contributed by atoms with Gasteiger partial charge >= 0.3 is 11.5 Å². The molecule has 1 aliphatic heterocycles. The van der Waals surface area contributed by atoms with Crippen molar-refractivity contribution in [3.8, 4) is 0 Å². The predicted octanol–water partition coefficient (Wildman–Crippen LogP) is 4.36. The van der Waals surface area contributed by atoms with E-state index in [2.05, 4.69) is 11.5 Å². The number of nitrogens with zero attached hydrogens (tertiary/aromatic N) is 1. The zero-order valence-electron chi connectivity index (χ0n) is 15.1. The third kappa shape index (κ3) is 5.91. The summed E-state index contributed by atoms with van der Waals surface area (Å²) in [5.41, 5.74) is 6.59. The molecular weight excluding hydrogens is 391 g/mol. The number of anilines is 1. The molecule has 150 valence electrons. The van der Waals surface area contributed by atoms with Crippen molar-refractivity contribution in [2.75, 3.05) is 4.90 Å². The number of urea groups is 1. The van der Waals surface area contributed by atoms with E-state index in [0.717, 1.165) is 11.1 Å². The number of alkyl halides is 3. The van der Waals surface area contributed by atoms with Crippen molar-refractivity contribution < 1.29 is 22.8 Å². The normalized spacial score (nSPS) is 14.6. The van der Waals surface area contributed by atoms with Crippen LogP contribution in [0.5, 0.6) is 0 Å². The first-order chi connectivity index (χ1) is 13.1. The Balaban J connectivity index is 0.000000640. The third-order valence-electron chi connectivity index (χ3n) is 4.10. The van der Waals surface area contributed by atoms with Gasteiger partial charge in [0.15, 0.2) is 0 Å². The van der Waals surface area contributed by atoms with Crippen LogP contribution in [0, 0.1) is 0 Å². The molecule has 5 nitrogen and oxygen atoms in total. The van der Waals surface area contributed by atoms with Gasteiger partial charge in [-0.15, -0.1) is 0 Å². The Morgan fingerprint density at radius 2 is 1.71 bits per heavy atom. The molecule has 0 bridgehead atoms. The largest absolute Gasteiger partial charge is 0.446 e. The summed E-state index contributed by atoms with van der Waals surface area (Å²) in [5, 5.41) is 0. The summed E-state index contributed by atoms with van der Waals surface area (Å²) in [7, 11) is 0. The van der Waals surface area contributed by atoms with Gasteiger partial charge in [0.2, 0.25) is 5.91 Å². The lowest BCUT2D eigenvalue weighted by Crippen LogP contribution is -2.37. The van der Waals surface area contributed by atoms with E-state index in [0.29, 0.717) is 18.5 Å². The van der Waals surface area contributed by atoms with Gasteiger partial charge in [0.05, 0.1) is 6.04 Å². The second-order valence-electron chi connectivity index (χ2n) is 6.09. The highest BCUT2D eigenvalue weighted by atomic mass is 32.2. The number of fused-ring (bicyclic) bond motifs is 1. The number of carbonyl (C=O) groups is 2. The fourth-order valence-corrected chi connectivity index (χ4v) is 3.55.